The molecule has 396 valence electrons. The van der Waals surface area contributed by atoms with E-state index in [9.17, 15) is 52.8 Å². The van der Waals surface area contributed by atoms with Crippen molar-refractivity contribution in [1.82, 2.24) is 9.62 Å². The number of hydrogen-bond donors (Lipinski definition) is 5. The van der Waals surface area contributed by atoms with E-state index in [4.69, 9.17) is 18.9 Å². The van der Waals surface area contributed by atoms with Crippen LogP contribution in [0.25, 0.3) is 0 Å². The third kappa shape index (κ3) is 16.0. The minimum Gasteiger partial charge on any atom is -0.460 e. The molecule has 0 radical (unpaired) electrons. The fourth-order valence-corrected chi connectivity index (χ4v) is 11.5. The maximum atomic E-state index is 14.4. The largest absolute Gasteiger partial charge is 0.460 e. The molecule has 1 saturated carbocycles. The molecule has 1 amide bonds. The number of Topliss-reactive ketones (excluding diaryl/α,β-unsaturated/α-hetero) is 3. The molecule has 17 nitrogen and oxygen atoms in total. The minimum absolute atomic E-state index is 0.00763. The van der Waals surface area contributed by atoms with Crippen molar-refractivity contribution in [1.29, 1.82) is 0 Å². The van der Waals surface area contributed by atoms with E-state index in [0.717, 1.165) is 4.90 Å². The van der Waals surface area contributed by atoms with Crippen molar-refractivity contribution in [2.45, 2.75) is 180 Å². The standard InChI is InChI=1S/C52H82N2O15S/c1-31-15-11-10-12-16-32(2)40(53-70(64,65)24-23-55)29-39-20-18-37(7)52(63,69-39)49(60)50(61)54-22-14-13-17-41(54)51(62)68-44(34(4)27-38-19-21-42(56)45(28-38)66-8)30-43(57)33(3)26-36(6)47(59)48(67-9)46(58)35(5)25-31/h10-12,15-16,26,31,33-35,37-42,44-45,47-48,53,55-56,59,63H,13-14,17-25,27-30H2,1-9H3/b12-10+,15-11+,32-16+,36-26+/t31-,33-,34-,35-,37-,38+,39+,40-,41+,42-,44+,45-,47-,48+,52-/m1/s1. The zero-order chi connectivity index (χ0) is 52.1. The van der Waals surface area contributed by atoms with Crippen LogP contribution in [0.3, 0.4) is 0 Å². The van der Waals surface area contributed by atoms with Gasteiger partial charge in [0.05, 0.1) is 30.7 Å². The number of rotatable bonds is 9. The van der Waals surface area contributed by atoms with Gasteiger partial charge >= 0.3 is 5.97 Å². The van der Waals surface area contributed by atoms with Crippen molar-refractivity contribution in [2.75, 3.05) is 33.1 Å². The summed E-state index contributed by atoms with van der Waals surface area (Å²) in [6.45, 7) is 11.5. The zero-order valence-corrected chi connectivity index (χ0v) is 43.6. The van der Waals surface area contributed by atoms with Gasteiger partial charge in [-0.25, -0.2) is 17.9 Å². The van der Waals surface area contributed by atoms with Gasteiger partial charge in [-0.15, -0.1) is 0 Å². The Kier molecular flexibility index (Phi) is 22.8. The summed E-state index contributed by atoms with van der Waals surface area (Å²) in [4.78, 5) is 72.1. The van der Waals surface area contributed by atoms with E-state index in [-0.39, 0.29) is 67.7 Å². The maximum Gasteiger partial charge on any atom is 0.329 e. The van der Waals surface area contributed by atoms with E-state index in [1.54, 1.807) is 72.1 Å². The first kappa shape index (κ1) is 59.1. The summed E-state index contributed by atoms with van der Waals surface area (Å²) in [6.07, 6.45) is 9.15. The second-order valence-electron chi connectivity index (χ2n) is 20.6. The number of amides is 1. The summed E-state index contributed by atoms with van der Waals surface area (Å²) in [7, 11) is -1.11. The lowest BCUT2D eigenvalue weighted by Gasteiger charge is -2.43. The van der Waals surface area contributed by atoms with Gasteiger partial charge in [-0.2, -0.15) is 0 Å². The van der Waals surface area contributed by atoms with Crippen LogP contribution in [-0.2, 0) is 52.9 Å². The first-order chi connectivity index (χ1) is 33.0. The molecule has 3 heterocycles. The van der Waals surface area contributed by atoms with Gasteiger partial charge in [0, 0.05) is 51.0 Å². The van der Waals surface area contributed by atoms with Crippen molar-refractivity contribution in [3.63, 3.8) is 0 Å². The molecule has 2 bridgehead atoms. The Labute approximate surface area is 415 Å². The van der Waals surface area contributed by atoms with Gasteiger partial charge in [-0.1, -0.05) is 76.6 Å². The quantitative estimate of drug-likeness (QED) is 0.122. The van der Waals surface area contributed by atoms with Crippen LogP contribution in [0.5, 0.6) is 0 Å². The zero-order valence-electron chi connectivity index (χ0n) is 42.8. The Morgan fingerprint density at radius 1 is 0.900 bits per heavy atom. The molecule has 18 heteroatoms. The molecule has 0 aromatic carbocycles. The number of cyclic esters (lactones) is 1. The molecule has 0 unspecified atom stereocenters. The third-order valence-electron chi connectivity index (χ3n) is 14.9. The lowest BCUT2D eigenvalue weighted by atomic mass is 9.78. The number of fused-ring (bicyclic) bond motifs is 3. The van der Waals surface area contributed by atoms with E-state index < -0.39 is 106 Å². The minimum atomic E-state index is -4.00. The molecule has 15 atom stereocenters. The molecule has 3 aliphatic heterocycles. The van der Waals surface area contributed by atoms with Gasteiger partial charge in [0.15, 0.2) is 5.78 Å². The van der Waals surface area contributed by atoms with E-state index >= 15 is 0 Å². The van der Waals surface area contributed by atoms with Crippen LogP contribution in [0.1, 0.15) is 126 Å². The predicted octanol–water partition coefficient (Wildman–Crippen LogP) is 4.45. The van der Waals surface area contributed by atoms with E-state index in [1.807, 2.05) is 19.9 Å². The Morgan fingerprint density at radius 3 is 2.29 bits per heavy atom. The highest BCUT2D eigenvalue weighted by Gasteiger charge is 2.53. The Morgan fingerprint density at radius 2 is 1.61 bits per heavy atom. The summed E-state index contributed by atoms with van der Waals surface area (Å²) in [6, 6.07) is -2.13. The normalized spacial score (nSPS) is 38.6. The van der Waals surface area contributed by atoms with Crippen molar-refractivity contribution < 1.29 is 71.8 Å². The number of esters is 1. The molecule has 4 rings (SSSR count). The van der Waals surface area contributed by atoms with Crippen molar-refractivity contribution >= 4 is 39.2 Å². The summed E-state index contributed by atoms with van der Waals surface area (Å²) in [5.41, 5.74) is 0.902. The van der Waals surface area contributed by atoms with Crippen LogP contribution in [0.2, 0.25) is 0 Å². The number of aliphatic hydroxyl groups is 4. The number of nitrogens with one attached hydrogen (secondary N) is 1. The number of sulfonamides is 1. The molecule has 4 aliphatic rings. The molecular weight excluding hydrogens is 925 g/mol. The average Bonchev–Trinajstić information content (AvgIpc) is 3.31. The first-order valence-electron chi connectivity index (χ1n) is 25.2. The SMILES string of the molecule is CO[C@@H]1C[C@H](C[C@@H](C)[C@@H]2CC(=O)[C@H](C)/C=C(\C)[C@@H](O)[C@@H](OC)C(=O)[C@H](C)C[C@H](C)/C=C/C=C/C=C(\C)[C@H](NS(=O)(=O)CCO)C[C@@H]3CC[C@@H](C)[C@@](O)(O3)C(=O)C(=O)N3CCCC[C@H]3C(=O)O2)CC[C@H]1O. The first-order valence-corrected chi connectivity index (χ1v) is 26.9. The smallest absolute Gasteiger partial charge is 0.329 e. The van der Waals surface area contributed by atoms with Crippen LogP contribution < -0.4 is 4.72 Å². The molecule has 1 aliphatic carbocycles. The maximum absolute atomic E-state index is 14.4. The van der Waals surface area contributed by atoms with E-state index in [1.165, 1.54) is 7.11 Å². The molecule has 0 aromatic heterocycles. The summed E-state index contributed by atoms with van der Waals surface area (Å²) >= 11 is 0. The van der Waals surface area contributed by atoms with Crippen molar-refractivity contribution in [3.05, 3.63) is 47.6 Å². The van der Waals surface area contributed by atoms with Gasteiger partial charge in [0.2, 0.25) is 15.8 Å². The molecule has 70 heavy (non-hydrogen) atoms. The number of allylic oxidation sites excluding steroid dienone is 6. The highest BCUT2D eigenvalue weighted by atomic mass is 32.2. The predicted molar refractivity (Wildman–Crippen MR) is 262 cm³/mol. The van der Waals surface area contributed by atoms with Gasteiger partial charge in [0.1, 0.15) is 30.1 Å². The van der Waals surface area contributed by atoms with E-state index in [2.05, 4.69) is 4.72 Å². The number of carbonyl (C=O) groups is 5. The van der Waals surface area contributed by atoms with Crippen molar-refractivity contribution in [3.8, 4) is 0 Å². The Bertz CT molecular complexity index is 2040. The monoisotopic (exact) mass is 1010 g/mol. The number of hydrogen-bond acceptors (Lipinski definition) is 15. The number of piperidine rings is 1. The number of aliphatic hydroxyl groups excluding tert-OH is 3. The van der Waals surface area contributed by atoms with E-state index in [0.29, 0.717) is 62.5 Å². The topological polar surface area (TPSA) is 253 Å². The summed E-state index contributed by atoms with van der Waals surface area (Å²) in [5.74, 6) is -9.55. The molecule has 3 fully saturated rings. The number of ketones is 3. The Hall–Kier alpha value is -3.46. The summed E-state index contributed by atoms with van der Waals surface area (Å²) in [5, 5.41) is 43.5. The Balaban J connectivity index is 1.75. The number of methoxy groups -OCH3 is 2. The van der Waals surface area contributed by atoms with Gasteiger partial charge in [-0.3, -0.25) is 19.2 Å². The van der Waals surface area contributed by atoms with Crippen LogP contribution >= 0.6 is 0 Å². The molecule has 5 N–H and O–H groups in total. The molecule has 0 spiro atoms. The number of ether oxygens (including phenoxy) is 4. The van der Waals surface area contributed by atoms with Crippen molar-refractivity contribution in [2.24, 2.45) is 35.5 Å². The number of nitrogens with zero attached hydrogens (tertiary/aromatic N) is 1. The highest BCUT2D eigenvalue weighted by molar-refractivity contribution is 7.89. The number of carbonyl (C=O) groups excluding carboxylic acids is 5. The van der Waals surface area contributed by atoms with Crippen LogP contribution in [-0.4, -0.2) is 151 Å². The molecular formula is C52H82N2O15S. The second-order valence-corrected chi connectivity index (χ2v) is 22.5. The van der Waals surface area contributed by atoms with Crippen LogP contribution in [0, 0.1) is 35.5 Å². The van der Waals surface area contributed by atoms with Crippen LogP contribution in [0.4, 0.5) is 0 Å². The van der Waals surface area contributed by atoms with Gasteiger partial charge in [0.25, 0.3) is 11.7 Å². The fraction of sp³-hybridized carbons (Fsp3) is 0.750. The van der Waals surface area contributed by atoms with Gasteiger partial charge in [-0.05, 0) is 108 Å². The third-order valence-corrected chi connectivity index (χ3v) is 16.3. The highest BCUT2D eigenvalue weighted by Crippen LogP contribution is 2.37. The molecule has 0 aromatic rings. The summed E-state index contributed by atoms with van der Waals surface area (Å²) < 4.78 is 52.1. The fourth-order valence-electron chi connectivity index (χ4n) is 10.4. The van der Waals surface area contributed by atoms with Gasteiger partial charge < -0.3 is 44.3 Å². The lowest BCUT2D eigenvalue weighted by Crippen LogP contribution is -2.61. The molecule has 2 saturated heterocycles. The average molecular weight is 1010 g/mol. The second kappa shape index (κ2) is 27.0. The van der Waals surface area contributed by atoms with Crippen LogP contribution in [0.15, 0.2) is 47.6 Å². The lowest BCUT2D eigenvalue weighted by molar-refractivity contribution is -0.264.